The van der Waals surface area contributed by atoms with Gasteiger partial charge in [0.25, 0.3) is 0 Å². The van der Waals surface area contributed by atoms with E-state index in [4.69, 9.17) is 22.1 Å². The summed E-state index contributed by atoms with van der Waals surface area (Å²) in [6.45, 7) is 0.402. The Labute approximate surface area is 98.0 Å². The highest BCUT2D eigenvalue weighted by Crippen LogP contribution is 2.27. The van der Waals surface area contributed by atoms with Gasteiger partial charge >= 0.3 is 0 Å². The molecule has 0 atom stereocenters. The van der Waals surface area contributed by atoms with Crippen LogP contribution in [0.25, 0.3) is 0 Å². The van der Waals surface area contributed by atoms with Crippen LogP contribution in [0.2, 0.25) is 5.02 Å². The Bertz CT molecular complexity index is 490. The Kier molecular flexibility index (Phi) is 3.34. The molecule has 2 aromatic rings. The van der Waals surface area contributed by atoms with Crippen molar-refractivity contribution < 1.29 is 4.74 Å². The second kappa shape index (κ2) is 4.92. The number of benzene rings is 1. The van der Waals surface area contributed by atoms with E-state index in [0.717, 1.165) is 5.56 Å². The summed E-state index contributed by atoms with van der Waals surface area (Å²) in [5.74, 6) is 0.989. The molecule has 0 unspecified atom stereocenters. The second-order valence-corrected chi connectivity index (χ2v) is 3.50. The topological polar surface area (TPSA) is 61.0 Å². The SMILES string of the molecule is NCc1ccccc1Oc1ncncc1Cl. The third-order valence-corrected chi connectivity index (χ3v) is 2.29. The zero-order chi connectivity index (χ0) is 11.4. The summed E-state index contributed by atoms with van der Waals surface area (Å²) in [6, 6.07) is 7.48. The first kappa shape index (κ1) is 10.9. The minimum Gasteiger partial charge on any atom is -0.437 e. The molecule has 0 amide bonds. The van der Waals surface area contributed by atoms with Crippen molar-refractivity contribution in [3.05, 3.63) is 47.4 Å². The fraction of sp³-hybridized carbons (Fsp3) is 0.0909. The van der Waals surface area contributed by atoms with E-state index in [1.807, 2.05) is 24.3 Å². The van der Waals surface area contributed by atoms with Crippen LogP contribution >= 0.6 is 11.6 Å². The van der Waals surface area contributed by atoms with Gasteiger partial charge in [0.05, 0.1) is 6.20 Å². The Balaban J connectivity index is 2.30. The maximum absolute atomic E-state index is 5.89. The van der Waals surface area contributed by atoms with Gasteiger partial charge in [-0.1, -0.05) is 29.8 Å². The van der Waals surface area contributed by atoms with Crippen molar-refractivity contribution in [2.75, 3.05) is 0 Å². The molecule has 1 heterocycles. The molecule has 2 N–H and O–H groups in total. The lowest BCUT2D eigenvalue weighted by Crippen LogP contribution is -1.99. The number of rotatable bonds is 3. The Morgan fingerprint density at radius 1 is 1.31 bits per heavy atom. The van der Waals surface area contributed by atoms with Gasteiger partial charge in [-0.15, -0.1) is 0 Å². The summed E-state index contributed by atoms with van der Waals surface area (Å²) in [4.78, 5) is 7.72. The number of hydrogen-bond acceptors (Lipinski definition) is 4. The van der Waals surface area contributed by atoms with Crippen LogP contribution in [-0.4, -0.2) is 9.97 Å². The van der Waals surface area contributed by atoms with Crippen molar-refractivity contribution in [3.63, 3.8) is 0 Å². The highest BCUT2D eigenvalue weighted by molar-refractivity contribution is 6.31. The zero-order valence-corrected chi connectivity index (χ0v) is 9.19. The van der Waals surface area contributed by atoms with Crippen molar-refractivity contribution in [1.82, 2.24) is 9.97 Å². The lowest BCUT2D eigenvalue weighted by atomic mass is 10.2. The van der Waals surface area contributed by atoms with Gasteiger partial charge in [-0.25, -0.2) is 9.97 Å². The molecule has 0 fully saturated rings. The van der Waals surface area contributed by atoms with Gasteiger partial charge in [-0.05, 0) is 6.07 Å². The predicted molar refractivity (Wildman–Crippen MR) is 61.4 cm³/mol. The number of nitrogens with zero attached hydrogens (tertiary/aromatic N) is 2. The summed E-state index contributed by atoms with van der Waals surface area (Å²) < 4.78 is 5.57. The van der Waals surface area contributed by atoms with Crippen molar-refractivity contribution in [2.45, 2.75) is 6.54 Å². The molecule has 82 valence electrons. The molecule has 0 saturated heterocycles. The van der Waals surface area contributed by atoms with Crippen LogP contribution in [0.1, 0.15) is 5.56 Å². The zero-order valence-electron chi connectivity index (χ0n) is 8.43. The Hall–Kier alpha value is -1.65. The van der Waals surface area contributed by atoms with Crippen LogP contribution in [0.5, 0.6) is 11.6 Å². The lowest BCUT2D eigenvalue weighted by Gasteiger charge is -2.09. The van der Waals surface area contributed by atoms with Crippen LogP contribution in [-0.2, 0) is 6.54 Å². The largest absolute Gasteiger partial charge is 0.437 e. The molecule has 0 radical (unpaired) electrons. The highest BCUT2D eigenvalue weighted by Gasteiger charge is 2.06. The predicted octanol–water partition coefficient (Wildman–Crippen LogP) is 2.38. The average molecular weight is 236 g/mol. The van der Waals surface area contributed by atoms with Crippen LogP contribution in [0.15, 0.2) is 36.8 Å². The minimum atomic E-state index is 0.331. The normalized spacial score (nSPS) is 10.1. The van der Waals surface area contributed by atoms with E-state index >= 15 is 0 Å². The third-order valence-electron chi connectivity index (χ3n) is 2.03. The fourth-order valence-electron chi connectivity index (χ4n) is 1.25. The van der Waals surface area contributed by atoms with E-state index in [1.54, 1.807) is 0 Å². The van der Waals surface area contributed by atoms with Gasteiger partial charge in [0.1, 0.15) is 17.1 Å². The van der Waals surface area contributed by atoms with E-state index in [9.17, 15) is 0 Å². The summed E-state index contributed by atoms with van der Waals surface area (Å²) in [5.41, 5.74) is 6.50. The molecule has 0 spiro atoms. The lowest BCUT2D eigenvalue weighted by molar-refractivity contribution is 0.456. The Morgan fingerprint density at radius 2 is 2.12 bits per heavy atom. The summed E-state index contributed by atoms with van der Waals surface area (Å²) in [5, 5.41) is 0.370. The molecule has 0 aliphatic heterocycles. The van der Waals surface area contributed by atoms with Gasteiger partial charge in [0, 0.05) is 12.1 Å². The maximum Gasteiger partial charge on any atom is 0.241 e. The molecule has 1 aromatic heterocycles. The molecule has 5 heteroatoms. The molecule has 2 rings (SSSR count). The minimum absolute atomic E-state index is 0.331. The molecule has 0 aliphatic carbocycles. The number of nitrogens with two attached hydrogens (primary N) is 1. The van der Waals surface area contributed by atoms with Crippen molar-refractivity contribution >= 4 is 11.6 Å². The van der Waals surface area contributed by atoms with E-state index in [0.29, 0.717) is 23.2 Å². The quantitative estimate of drug-likeness (QED) is 0.887. The van der Waals surface area contributed by atoms with E-state index < -0.39 is 0 Å². The summed E-state index contributed by atoms with van der Waals surface area (Å²) in [6.07, 6.45) is 2.86. The Morgan fingerprint density at radius 3 is 2.88 bits per heavy atom. The molecule has 4 nitrogen and oxygen atoms in total. The van der Waals surface area contributed by atoms with E-state index in [1.165, 1.54) is 12.5 Å². The molecule has 1 aromatic carbocycles. The first-order valence-corrected chi connectivity index (χ1v) is 5.10. The maximum atomic E-state index is 5.89. The first-order chi connectivity index (χ1) is 7.81. The monoisotopic (exact) mass is 235 g/mol. The van der Waals surface area contributed by atoms with Crippen LogP contribution in [0.3, 0.4) is 0 Å². The van der Waals surface area contributed by atoms with Crippen LogP contribution in [0.4, 0.5) is 0 Å². The number of para-hydroxylation sites is 1. The van der Waals surface area contributed by atoms with Crippen molar-refractivity contribution in [2.24, 2.45) is 5.73 Å². The molecular weight excluding hydrogens is 226 g/mol. The van der Waals surface area contributed by atoms with Crippen LogP contribution < -0.4 is 10.5 Å². The van der Waals surface area contributed by atoms with Crippen LogP contribution in [0, 0.1) is 0 Å². The van der Waals surface area contributed by atoms with Crippen molar-refractivity contribution in [1.29, 1.82) is 0 Å². The van der Waals surface area contributed by atoms with Crippen molar-refractivity contribution in [3.8, 4) is 11.6 Å². The van der Waals surface area contributed by atoms with Gasteiger partial charge in [0.2, 0.25) is 5.88 Å². The van der Waals surface area contributed by atoms with Gasteiger partial charge in [-0.3, -0.25) is 0 Å². The molecule has 0 bridgehead atoms. The first-order valence-electron chi connectivity index (χ1n) is 4.72. The third kappa shape index (κ3) is 2.29. The van der Waals surface area contributed by atoms with E-state index in [-0.39, 0.29) is 0 Å². The summed E-state index contributed by atoms with van der Waals surface area (Å²) >= 11 is 5.89. The average Bonchev–Trinajstić information content (AvgIpc) is 2.33. The fourth-order valence-corrected chi connectivity index (χ4v) is 1.40. The van der Waals surface area contributed by atoms with Gasteiger partial charge < -0.3 is 10.5 Å². The van der Waals surface area contributed by atoms with Gasteiger partial charge in [0.15, 0.2) is 0 Å². The van der Waals surface area contributed by atoms with E-state index in [2.05, 4.69) is 9.97 Å². The molecule has 16 heavy (non-hydrogen) atoms. The number of hydrogen-bond donors (Lipinski definition) is 1. The molecule has 0 saturated carbocycles. The molecular formula is C11H10ClN3O. The van der Waals surface area contributed by atoms with Gasteiger partial charge in [-0.2, -0.15) is 0 Å². The number of ether oxygens (including phenoxy) is 1. The standard InChI is InChI=1S/C11H10ClN3O/c12-9-6-14-7-15-11(9)16-10-4-2-1-3-8(10)5-13/h1-4,6-7H,5,13H2. The molecule has 0 aliphatic rings. The smallest absolute Gasteiger partial charge is 0.241 e. The second-order valence-electron chi connectivity index (χ2n) is 3.09. The summed E-state index contributed by atoms with van der Waals surface area (Å²) in [7, 11) is 0. The highest BCUT2D eigenvalue weighted by atomic mass is 35.5. The number of halogens is 1. The number of aromatic nitrogens is 2.